The normalized spacial score (nSPS) is 12.7. The largest absolute Gasteiger partial charge is 0.198 e. The standard InChI is InChI=1S/C4H8BN/c1-4(2-5)3-6/h4H,2,5H2,1H3. The molecule has 0 heterocycles. The maximum Gasteiger partial charge on any atom is 0.103 e. The Bertz CT molecular complexity index is 64.4. The Hall–Kier alpha value is -0.445. The Morgan fingerprint density at radius 2 is 2.50 bits per heavy atom. The van der Waals surface area contributed by atoms with Gasteiger partial charge in [-0.25, -0.2) is 0 Å². The molecule has 0 fully saturated rings. The first-order chi connectivity index (χ1) is 2.81. The third-order valence-electron chi connectivity index (χ3n) is 0.833. The van der Waals surface area contributed by atoms with Crippen LogP contribution in [0.15, 0.2) is 0 Å². The van der Waals surface area contributed by atoms with Crippen molar-refractivity contribution in [1.29, 1.82) is 5.26 Å². The van der Waals surface area contributed by atoms with E-state index in [-0.39, 0.29) is 5.92 Å². The highest BCUT2D eigenvalue weighted by atomic mass is 14.2. The van der Waals surface area contributed by atoms with Gasteiger partial charge in [0.25, 0.3) is 0 Å². The molecule has 1 unspecified atom stereocenters. The van der Waals surface area contributed by atoms with Crippen LogP contribution >= 0.6 is 0 Å². The second-order valence-electron chi connectivity index (χ2n) is 1.44. The quantitative estimate of drug-likeness (QED) is 0.413. The number of hydrogen-bond acceptors (Lipinski definition) is 1. The monoisotopic (exact) mass is 81.1 g/mol. The minimum absolute atomic E-state index is 0.241. The molecule has 0 amide bonds. The zero-order valence-electron chi connectivity index (χ0n) is 4.23. The van der Waals surface area contributed by atoms with E-state index in [1.165, 1.54) is 0 Å². The lowest BCUT2D eigenvalue weighted by molar-refractivity contribution is 0.847. The Morgan fingerprint density at radius 3 is 2.50 bits per heavy atom. The van der Waals surface area contributed by atoms with Crippen molar-refractivity contribution in [3.8, 4) is 6.07 Å². The fourth-order valence-corrected chi connectivity index (χ4v) is 0.0913. The van der Waals surface area contributed by atoms with Crippen molar-refractivity contribution in [3.05, 3.63) is 0 Å². The summed E-state index contributed by atoms with van der Waals surface area (Å²) in [7, 11) is 2.01. The van der Waals surface area contributed by atoms with Crippen LogP contribution in [0.25, 0.3) is 0 Å². The first-order valence-corrected chi connectivity index (χ1v) is 2.20. The van der Waals surface area contributed by atoms with Crippen molar-refractivity contribution in [1.82, 2.24) is 0 Å². The van der Waals surface area contributed by atoms with Crippen molar-refractivity contribution < 1.29 is 0 Å². The molecule has 0 aromatic carbocycles. The summed E-state index contributed by atoms with van der Waals surface area (Å²) in [6, 6.07) is 2.11. The summed E-state index contributed by atoms with van der Waals surface area (Å²) in [6.45, 7) is 1.92. The average Bonchev–Trinajstić information content (AvgIpc) is 1.65. The highest BCUT2D eigenvalue weighted by Gasteiger charge is 1.88. The molecule has 0 radical (unpaired) electrons. The minimum Gasteiger partial charge on any atom is -0.198 e. The van der Waals surface area contributed by atoms with Gasteiger partial charge in [0.1, 0.15) is 7.85 Å². The van der Waals surface area contributed by atoms with Crippen LogP contribution in [0.5, 0.6) is 0 Å². The first kappa shape index (κ1) is 5.55. The maximum atomic E-state index is 8.08. The summed E-state index contributed by atoms with van der Waals surface area (Å²) < 4.78 is 0. The van der Waals surface area contributed by atoms with E-state index < -0.39 is 0 Å². The van der Waals surface area contributed by atoms with E-state index in [0.717, 1.165) is 6.32 Å². The molecule has 0 saturated heterocycles. The van der Waals surface area contributed by atoms with E-state index in [4.69, 9.17) is 5.26 Å². The maximum absolute atomic E-state index is 8.08. The SMILES string of the molecule is BCC(C)C#N. The van der Waals surface area contributed by atoms with E-state index in [0.29, 0.717) is 0 Å². The van der Waals surface area contributed by atoms with Gasteiger partial charge in [0, 0.05) is 5.92 Å². The van der Waals surface area contributed by atoms with Gasteiger partial charge in [-0.3, -0.25) is 0 Å². The van der Waals surface area contributed by atoms with Gasteiger partial charge >= 0.3 is 0 Å². The highest BCUT2D eigenvalue weighted by Crippen LogP contribution is 1.92. The summed E-state index contributed by atoms with van der Waals surface area (Å²) in [6.07, 6.45) is 0.969. The molecule has 0 N–H and O–H groups in total. The predicted molar refractivity (Wildman–Crippen MR) is 28.1 cm³/mol. The number of nitriles is 1. The van der Waals surface area contributed by atoms with E-state index in [9.17, 15) is 0 Å². The smallest absolute Gasteiger partial charge is 0.103 e. The van der Waals surface area contributed by atoms with Gasteiger partial charge < -0.3 is 0 Å². The van der Waals surface area contributed by atoms with Crippen molar-refractivity contribution in [2.75, 3.05) is 0 Å². The molecule has 0 aromatic heterocycles. The van der Waals surface area contributed by atoms with Gasteiger partial charge in [-0.2, -0.15) is 5.26 Å². The topological polar surface area (TPSA) is 23.8 Å². The van der Waals surface area contributed by atoms with Crippen LogP contribution < -0.4 is 0 Å². The van der Waals surface area contributed by atoms with Gasteiger partial charge in [0.15, 0.2) is 0 Å². The van der Waals surface area contributed by atoms with E-state index in [2.05, 4.69) is 6.07 Å². The number of rotatable bonds is 1. The summed E-state index contributed by atoms with van der Waals surface area (Å²) in [5.41, 5.74) is 0. The molecule has 0 aromatic rings. The average molecular weight is 80.9 g/mol. The van der Waals surface area contributed by atoms with Gasteiger partial charge in [-0.15, -0.1) is 0 Å². The van der Waals surface area contributed by atoms with Crippen LogP contribution in [0.3, 0.4) is 0 Å². The molecule has 2 heteroatoms. The second-order valence-corrected chi connectivity index (χ2v) is 1.44. The van der Waals surface area contributed by atoms with Gasteiger partial charge in [-0.05, 0) is 0 Å². The molecule has 0 aliphatic carbocycles. The molecule has 0 saturated carbocycles. The van der Waals surface area contributed by atoms with Crippen molar-refractivity contribution in [2.24, 2.45) is 5.92 Å². The van der Waals surface area contributed by atoms with Crippen LogP contribution in [0.4, 0.5) is 0 Å². The van der Waals surface area contributed by atoms with E-state index >= 15 is 0 Å². The lowest BCUT2D eigenvalue weighted by Crippen LogP contribution is -1.84. The minimum atomic E-state index is 0.241. The van der Waals surface area contributed by atoms with Crippen LogP contribution in [0, 0.1) is 17.2 Å². The van der Waals surface area contributed by atoms with Crippen LogP contribution in [0.2, 0.25) is 6.32 Å². The van der Waals surface area contributed by atoms with Crippen molar-refractivity contribution >= 4 is 7.85 Å². The molecule has 0 spiro atoms. The molecule has 1 nitrogen and oxygen atoms in total. The van der Waals surface area contributed by atoms with Crippen LogP contribution in [-0.4, -0.2) is 7.85 Å². The Labute approximate surface area is 39.4 Å². The third kappa shape index (κ3) is 1.84. The zero-order valence-corrected chi connectivity index (χ0v) is 4.23. The first-order valence-electron chi connectivity index (χ1n) is 2.20. The van der Waals surface area contributed by atoms with Gasteiger partial charge in [-0.1, -0.05) is 13.2 Å². The lowest BCUT2D eigenvalue weighted by atomic mass is 9.94. The van der Waals surface area contributed by atoms with Crippen LogP contribution in [0.1, 0.15) is 6.92 Å². The van der Waals surface area contributed by atoms with E-state index in [1.807, 2.05) is 14.8 Å². The molecule has 0 aliphatic rings. The summed E-state index contributed by atoms with van der Waals surface area (Å²) in [4.78, 5) is 0. The Morgan fingerprint density at radius 1 is 2.00 bits per heavy atom. The summed E-state index contributed by atoms with van der Waals surface area (Å²) >= 11 is 0. The number of nitrogens with zero attached hydrogens (tertiary/aromatic N) is 1. The second kappa shape index (κ2) is 2.77. The predicted octanol–water partition coefficient (Wildman–Crippen LogP) is 0.197. The molecular formula is C4H8BN. The fourth-order valence-electron chi connectivity index (χ4n) is 0.0913. The molecule has 0 bridgehead atoms. The summed E-state index contributed by atoms with van der Waals surface area (Å²) in [5.74, 6) is 0.241. The molecule has 32 valence electrons. The summed E-state index contributed by atoms with van der Waals surface area (Å²) in [5, 5.41) is 8.08. The third-order valence-corrected chi connectivity index (χ3v) is 0.833. The zero-order chi connectivity index (χ0) is 4.99. The van der Waals surface area contributed by atoms with Crippen LogP contribution in [-0.2, 0) is 0 Å². The Kier molecular flexibility index (Phi) is 2.57. The lowest BCUT2D eigenvalue weighted by Gasteiger charge is -1.86. The van der Waals surface area contributed by atoms with Gasteiger partial charge in [0.05, 0.1) is 6.07 Å². The fraction of sp³-hybridized carbons (Fsp3) is 0.750. The Balaban J connectivity index is 3.04. The highest BCUT2D eigenvalue weighted by molar-refractivity contribution is 6.08. The van der Waals surface area contributed by atoms with E-state index in [1.54, 1.807) is 0 Å². The van der Waals surface area contributed by atoms with Crippen molar-refractivity contribution in [3.63, 3.8) is 0 Å². The molecule has 0 rings (SSSR count). The molecule has 1 atom stereocenters. The molecular weight excluding hydrogens is 72.9 g/mol. The number of hydrogen-bond donors (Lipinski definition) is 0. The molecule has 0 aliphatic heterocycles. The molecule has 6 heavy (non-hydrogen) atoms. The van der Waals surface area contributed by atoms with Gasteiger partial charge in [0.2, 0.25) is 0 Å². The van der Waals surface area contributed by atoms with Crippen molar-refractivity contribution in [2.45, 2.75) is 13.2 Å².